The Labute approximate surface area is 165 Å². The van der Waals surface area contributed by atoms with Crippen LogP contribution in [0.4, 0.5) is 22.0 Å². The summed E-state index contributed by atoms with van der Waals surface area (Å²) in [6.45, 7) is 1.63. The van der Waals surface area contributed by atoms with Crippen molar-refractivity contribution in [3.8, 4) is 0 Å². The van der Waals surface area contributed by atoms with E-state index in [2.05, 4.69) is 4.99 Å². The number of alkyl halides is 3. The zero-order valence-electron chi connectivity index (χ0n) is 15.5. The molecular weight excluding hydrogens is 385 g/mol. The van der Waals surface area contributed by atoms with Crippen LogP contribution in [0.25, 0.3) is 0 Å². The van der Waals surface area contributed by atoms with Crippen molar-refractivity contribution in [1.82, 2.24) is 0 Å². The van der Waals surface area contributed by atoms with Crippen molar-refractivity contribution in [2.45, 2.75) is 25.1 Å². The van der Waals surface area contributed by atoms with E-state index in [1.54, 1.807) is 19.1 Å². The van der Waals surface area contributed by atoms with Crippen LogP contribution in [0.5, 0.6) is 0 Å². The van der Waals surface area contributed by atoms with Crippen LogP contribution in [-0.2, 0) is 18.1 Å². The minimum absolute atomic E-state index is 0.0402. The smallest absolute Gasteiger partial charge is 0.281 e. The Hall–Kier alpha value is -3.02. The van der Waals surface area contributed by atoms with Crippen LogP contribution in [0.2, 0.25) is 0 Å². The summed E-state index contributed by atoms with van der Waals surface area (Å²) in [7, 11) is 0. The highest BCUT2D eigenvalue weighted by Crippen LogP contribution is 2.40. The van der Waals surface area contributed by atoms with E-state index in [1.807, 2.05) is 18.2 Å². The van der Waals surface area contributed by atoms with Crippen molar-refractivity contribution < 1.29 is 22.0 Å². The molecule has 0 spiro atoms. The average molecular weight is 403 g/mol. The second-order valence-electron chi connectivity index (χ2n) is 6.64. The number of rotatable bonds is 5. The quantitative estimate of drug-likeness (QED) is 0.338. The number of hydrogen-bond donors (Lipinski definition) is 0. The summed E-state index contributed by atoms with van der Waals surface area (Å²) in [6, 6.07) is 16.8. The third kappa shape index (κ3) is 4.53. The van der Waals surface area contributed by atoms with Crippen LogP contribution < -0.4 is 0 Å². The molecule has 0 radical (unpaired) electrons. The number of halogens is 5. The molecule has 0 aliphatic rings. The van der Waals surface area contributed by atoms with Gasteiger partial charge >= 0.3 is 6.18 Å². The van der Waals surface area contributed by atoms with Gasteiger partial charge in [-0.3, -0.25) is 4.99 Å². The lowest BCUT2D eigenvalue weighted by molar-refractivity contribution is -0.137. The third-order valence-corrected chi connectivity index (χ3v) is 4.68. The van der Waals surface area contributed by atoms with E-state index >= 15 is 0 Å². The minimum atomic E-state index is -4.71. The number of benzene rings is 3. The van der Waals surface area contributed by atoms with Gasteiger partial charge < -0.3 is 0 Å². The fraction of sp³-hybridized carbons (Fsp3) is 0.174. The summed E-state index contributed by atoms with van der Waals surface area (Å²) >= 11 is 0. The van der Waals surface area contributed by atoms with Gasteiger partial charge in [0.1, 0.15) is 17.2 Å². The molecule has 0 amide bonds. The van der Waals surface area contributed by atoms with E-state index < -0.39 is 28.9 Å². The first-order valence-corrected chi connectivity index (χ1v) is 8.93. The summed E-state index contributed by atoms with van der Waals surface area (Å²) in [6.07, 6.45) is -3.08. The van der Waals surface area contributed by atoms with Crippen LogP contribution in [0.3, 0.4) is 0 Å². The fourth-order valence-electron chi connectivity index (χ4n) is 3.39. The summed E-state index contributed by atoms with van der Waals surface area (Å²) in [4.78, 5) is 4.50. The Morgan fingerprint density at radius 2 is 1.38 bits per heavy atom. The molecule has 0 heterocycles. The second-order valence-corrected chi connectivity index (χ2v) is 6.64. The molecule has 1 nitrogen and oxygen atoms in total. The van der Waals surface area contributed by atoms with E-state index in [0.717, 1.165) is 17.7 Å². The Balaban J connectivity index is 2.29. The minimum Gasteiger partial charge on any atom is -0.281 e. The molecule has 0 fully saturated rings. The van der Waals surface area contributed by atoms with Gasteiger partial charge in [-0.25, -0.2) is 8.78 Å². The Bertz CT molecular complexity index is 994. The standard InChI is InChI=1S/C23H18F5N/c1-2-29-22(15-16-6-4-3-5-7-16,17-8-10-20(24)11-9-17)18-12-19(23(26,27)28)14-21(25)13-18/h2-14H,15H2,1H3/t22-/m1/s1. The van der Waals surface area contributed by atoms with Gasteiger partial charge in [0, 0.05) is 6.42 Å². The topological polar surface area (TPSA) is 12.4 Å². The van der Waals surface area contributed by atoms with Crippen molar-refractivity contribution in [3.63, 3.8) is 0 Å². The second kappa shape index (κ2) is 8.15. The molecule has 1 atom stereocenters. The molecule has 0 N–H and O–H groups in total. The monoisotopic (exact) mass is 403 g/mol. The van der Waals surface area contributed by atoms with Gasteiger partial charge in [-0.2, -0.15) is 13.2 Å². The van der Waals surface area contributed by atoms with Gasteiger partial charge in [0.05, 0.1) is 5.56 Å². The predicted molar refractivity (Wildman–Crippen MR) is 103 cm³/mol. The van der Waals surface area contributed by atoms with Crippen molar-refractivity contribution in [1.29, 1.82) is 0 Å². The Kier molecular flexibility index (Phi) is 5.82. The maximum atomic E-state index is 14.2. The molecule has 6 heteroatoms. The SMILES string of the molecule is CC=N[C@](Cc1ccccc1)(c1ccc(F)cc1)c1cc(F)cc(C(F)(F)F)c1. The number of nitrogens with zero attached hydrogens (tertiary/aromatic N) is 1. The van der Waals surface area contributed by atoms with Crippen LogP contribution in [0.15, 0.2) is 77.8 Å². The normalized spacial score (nSPS) is 14.1. The van der Waals surface area contributed by atoms with Crippen molar-refractivity contribution >= 4 is 6.21 Å². The van der Waals surface area contributed by atoms with Crippen molar-refractivity contribution in [2.24, 2.45) is 4.99 Å². The van der Waals surface area contributed by atoms with E-state index in [-0.39, 0.29) is 12.0 Å². The molecular formula is C23H18F5N. The van der Waals surface area contributed by atoms with Gasteiger partial charge in [0.25, 0.3) is 0 Å². The molecule has 0 aliphatic carbocycles. The van der Waals surface area contributed by atoms with Gasteiger partial charge in [-0.05, 0) is 60.2 Å². The average Bonchev–Trinajstić information content (AvgIpc) is 2.68. The molecule has 3 rings (SSSR count). The lowest BCUT2D eigenvalue weighted by atomic mass is 9.78. The summed E-state index contributed by atoms with van der Waals surface area (Å²) in [5, 5.41) is 0. The highest BCUT2D eigenvalue weighted by molar-refractivity contribution is 5.57. The first kappa shape index (κ1) is 20.7. The lowest BCUT2D eigenvalue weighted by Gasteiger charge is -2.32. The highest BCUT2D eigenvalue weighted by atomic mass is 19.4. The molecule has 0 bridgehead atoms. The summed E-state index contributed by atoms with van der Waals surface area (Å²) in [5.41, 5.74) is -1.16. The van der Waals surface area contributed by atoms with Gasteiger partial charge in [0.2, 0.25) is 0 Å². The highest BCUT2D eigenvalue weighted by Gasteiger charge is 2.38. The zero-order valence-corrected chi connectivity index (χ0v) is 15.5. The van der Waals surface area contributed by atoms with Crippen LogP contribution >= 0.6 is 0 Å². The third-order valence-electron chi connectivity index (χ3n) is 4.68. The number of aliphatic imine (C=N–C) groups is 1. The Morgan fingerprint density at radius 1 is 0.759 bits per heavy atom. The van der Waals surface area contributed by atoms with Gasteiger partial charge in [0.15, 0.2) is 0 Å². The zero-order chi connectivity index (χ0) is 21.1. The molecule has 29 heavy (non-hydrogen) atoms. The van der Waals surface area contributed by atoms with Crippen LogP contribution in [0.1, 0.15) is 29.2 Å². The molecule has 0 aromatic heterocycles. The van der Waals surface area contributed by atoms with Crippen molar-refractivity contribution in [3.05, 3.63) is 107 Å². The van der Waals surface area contributed by atoms with Gasteiger partial charge in [-0.1, -0.05) is 42.5 Å². The molecule has 0 saturated carbocycles. The molecule has 0 aliphatic heterocycles. The summed E-state index contributed by atoms with van der Waals surface area (Å²) < 4.78 is 67.8. The van der Waals surface area contributed by atoms with Gasteiger partial charge in [-0.15, -0.1) is 0 Å². The molecule has 0 unspecified atom stereocenters. The van der Waals surface area contributed by atoms with E-state index in [9.17, 15) is 22.0 Å². The first-order chi connectivity index (χ1) is 13.7. The van der Waals surface area contributed by atoms with Crippen LogP contribution in [-0.4, -0.2) is 6.21 Å². The molecule has 0 saturated heterocycles. The molecule has 3 aromatic rings. The Morgan fingerprint density at radius 3 is 1.97 bits per heavy atom. The fourth-order valence-corrected chi connectivity index (χ4v) is 3.39. The maximum Gasteiger partial charge on any atom is 0.416 e. The van der Waals surface area contributed by atoms with Crippen LogP contribution in [0, 0.1) is 11.6 Å². The lowest BCUT2D eigenvalue weighted by Crippen LogP contribution is -2.29. The maximum absolute atomic E-state index is 14.2. The predicted octanol–water partition coefficient (Wildman–Crippen LogP) is 6.56. The summed E-state index contributed by atoms with van der Waals surface area (Å²) in [5.74, 6) is -1.50. The van der Waals surface area contributed by atoms with E-state index in [0.29, 0.717) is 11.6 Å². The molecule has 3 aromatic carbocycles. The first-order valence-electron chi connectivity index (χ1n) is 8.93. The largest absolute Gasteiger partial charge is 0.416 e. The van der Waals surface area contributed by atoms with E-state index in [4.69, 9.17) is 0 Å². The van der Waals surface area contributed by atoms with Crippen molar-refractivity contribution in [2.75, 3.05) is 0 Å². The molecule has 150 valence electrons. The van der Waals surface area contributed by atoms with E-state index in [1.165, 1.54) is 30.5 Å². The number of hydrogen-bond acceptors (Lipinski definition) is 1.